The van der Waals surface area contributed by atoms with Gasteiger partial charge in [-0.3, -0.25) is 4.90 Å². The second kappa shape index (κ2) is 5.67. The Kier molecular flexibility index (Phi) is 4.21. The van der Waals surface area contributed by atoms with Crippen molar-refractivity contribution in [1.29, 1.82) is 5.26 Å². The largest absolute Gasteiger partial charge is 0.353 e. The van der Waals surface area contributed by atoms with Gasteiger partial charge in [-0.25, -0.2) is 4.98 Å². The summed E-state index contributed by atoms with van der Waals surface area (Å²) >= 11 is 9.50. The zero-order valence-electron chi connectivity index (χ0n) is 9.24. The first kappa shape index (κ1) is 12.6. The predicted molar refractivity (Wildman–Crippen MR) is 71.2 cm³/mol. The summed E-state index contributed by atoms with van der Waals surface area (Å²) in [7, 11) is 0. The van der Waals surface area contributed by atoms with Crippen LogP contribution in [0, 0.1) is 11.3 Å². The summed E-state index contributed by atoms with van der Waals surface area (Å²) in [6.45, 7) is 3.96. The van der Waals surface area contributed by atoms with Gasteiger partial charge in [0.1, 0.15) is 5.82 Å². The highest BCUT2D eigenvalue weighted by Gasteiger charge is 2.19. The van der Waals surface area contributed by atoms with Gasteiger partial charge in [-0.05, 0) is 22.0 Å². The summed E-state index contributed by atoms with van der Waals surface area (Å²) in [6.07, 6.45) is 1.75. The number of nitriles is 1. The topological polar surface area (TPSA) is 43.2 Å². The highest BCUT2D eigenvalue weighted by Crippen LogP contribution is 2.26. The van der Waals surface area contributed by atoms with Gasteiger partial charge in [0.05, 0.1) is 17.6 Å². The second-order valence-electron chi connectivity index (χ2n) is 3.88. The van der Waals surface area contributed by atoms with E-state index in [0.29, 0.717) is 11.6 Å². The van der Waals surface area contributed by atoms with Gasteiger partial charge in [0, 0.05) is 36.8 Å². The number of pyridine rings is 1. The Morgan fingerprint density at radius 3 is 2.71 bits per heavy atom. The highest BCUT2D eigenvalue weighted by molar-refractivity contribution is 9.10. The number of aromatic nitrogens is 1. The summed E-state index contributed by atoms with van der Waals surface area (Å²) in [5, 5.41) is 9.29. The molecule has 1 fully saturated rings. The van der Waals surface area contributed by atoms with Crippen LogP contribution in [0.5, 0.6) is 0 Å². The van der Waals surface area contributed by atoms with Crippen LogP contribution in [-0.2, 0) is 0 Å². The molecule has 1 aromatic rings. The first-order valence-electron chi connectivity index (χ1n) is 5.36. The first-order valence-corrected chi connectivity index (χ1v) is 6.53. The number of rotatable bonds is 2. The fraction of sp³-hybridized carbons (Fsp3) is 0.455. The molecule has 0 aromatic carbocycles. The van der Waals surface area contributed by atoms with Gasteiger partial charge >= 0.3 is 0 Å². The lowest BCUT2D eigenvalue weighted by Gasteiger charge is -2.34. The van der Waals surface area contributed by atoms with E-state index in [-0.39, 0.29) is 0 Å². The van der Waals surface area contributed by atoms with Gasteiger partial charge in [0.15, 0.2) is 0 Å². The monoisotopic (exact) mass is 314 g/mol. The van der Waals surface area contributed by atoms with Gasteiger partial charge < -0.3 is 4.90 Å². The summed E-state index contributed by atoms with van der Waals surface area (Å²) in [5.74, 6) is 0.825. The van der Waals surface area contributed by atoms with Crippen molar-refractivity contribution in [2.24, 2.45) is 0 Å². The molecule has 0 aliphatic carbocycles. The molecule has 6 heteroatoms. The Morgan fingerprint density at radius 2 is 2.12 bits per heavy atom. The minimum atomic E-state index is 0.495. The van der Waals surface area contributed by atoms with Gasteiger partial charge in [0.25, 0.3) is 0 Å². The number of piperazine rings is 1. The van der Waals surface area contributed by atoms with E-state index in [9.17, 15) is 0 Å². The highest BCUT2D eigenvalue weighted by atomic mass is 79.9. The molecule has 0 N–H and O–H groups in total. The van der Waals surface area contributed by atoms with Crippen molar-refractivity contribution >= 4 is 33.3 Å². The molecular weight excluding hydrogens is 304 g/mol. The van der Waals surface area contributed by atoms with E-state index < -0.39 is 0 Å². The summed E-state index contributed by atoms with van der Waals surface area (Å²) in [4.78, 5) is 8.62. The number of anilines is 1. The zero-order valence-corrected chi connectivity index (χ0v) is 11.6. The van der Waals surface area contributed by atoms with Gasteiger partial charge in [-0.1, -0.05) is 11.6 Å². The fourth-order valence-electron chi connectivity index (χ4n) is 1.86. The molecule has 0 bridgehead atoms. The molecule has 4 nitrogen and oxygen atoms in total. The Morgan fingerprint density at radius 1 is 1.41 bits per heavy atom. The summed E-state index contributed by atoms with van der Waals surface area (Å²) in [6, 6.07) is 4.02. The van der Waals surface area contributed by atoms with Crippen molar-refractivity contribution in [2.45, 2.75) is 0 Å². The minimum absolute atomic E-state index is 0.495. The van der Waals surface area contributed by atoms with Crippen molar-refractivity contribution in [2.75, 3.05) is 37.6 Å². The Hall–Kier alpha value is -0.830. The van der Waals surface area contributed by atoms with Crippen LogP contribution in [0.1, 0.15) is 0 Å². The predicted octanol–water partition coefficient (Wildman–Crippen LogP) is 2.14. The maximum absolute atomic E-state index is 8.63. The lowest BCUT2D eigenvalue weighted by atomic mass is 10.3. The molecule has 17 heavy (non-hydrogen) atoms. The first-order chi connectivity index (χ1) is 8.20. The van der Waals surface area contributed by atoms with E-state index in [1.807, 2.05) is 6.07 Å². The summed E-state index contributed by atoms with van der Waals surface area (Å²) < 4.78 is 0.884. The van der Waals surface area contributed by atoms with E-state index in [2.05, 4.69) is 36.8 Å². The van der Waals surface area contributed by atoms with Crippen LogP contribution in [0.4, 0.5) is 5.82 Å². The third-order valence-electron chi connectivity index (χ3n) is 2.75. The molecule has 0 amide bonds. The van der Waals surface area contributed by atoms with E-state index in [0.717, 1.165) is 36.5 Å². The van der Waals surface area contributed by atoms with Crippen LogP contribution in [0.15, 0.2) is 16.7 Å². The normalized spacial score (nSPS) is 16.9. The third-order valence-corrected chi connectivity index (χ3v) is 3.47. The molecule has 1 aromatic heterocycles. The van der Waals surface area contributed by atoms with E-state index in [1.165, 1.54) is 0 Å². The van der Waals surface area contributed by atoms with Crippen LogP contribution in [0.3, 0.4) is 0 Å². The molecule has 0 saturated carbocycles. The van der Waals surface area contributed by atoms with Crippen molar-refractivity contribution in [3.8, 4) is 6.07 Å². The average Bonchev–Trinajstić information content (AvgIpc) is 2.31. The molecule has 1 saturated heterocycles. The molecule has 0 radical (unpaired) electrons. The van der Waals surface area contributed by atoms with Gasteiger partial charge in [-0.2, -0.15) is 5.26 Å². The van der Waals surface area contributed by atoms with E-state index >= 15 is 0 Å². The Bertz CT molecular complexity index is 438. The smallest absolute Gasteiger partial charge is 0.147 e. The van der Waals surface area contributed by atoms with Crippen LogP contribution in [0.25, 0.3) is 0 Å². The number of nitrogens with zero attached hydrogens (tertiary/aromatic N) is 4. The Balaban J connectivity index is 2.03. The molecular formula is C11H12BrClN4. The van der Waals surface area contributed by atoms with E-state index in [4.69, 9.17) is 16.9 Å². The SMILES string of the molecule is N#CCN1CCN(c2ncc(Br)cc2Cl)CC1. The van der Waals surface area contributed by atoms with Gasteiger partial charge in [0.2, 0.25) is 0 Å². The number of hydrogen-bond donors (Lipinski definition) is 0. The molecule has 0 atom stereocenters. The van der Waals surface area contributed by atoms with Crippen LogP contribution in [0.2, 0.25) is 5.02 Å². The van der Waals surface area contributed by atoms with Gasteiger partial charge in [-0.15, -0.1) is 0 Å². The standard InChI is InChI=1S/C11H12BrClN4/c12-9-7-10(13)11(15-8-9)17-5-3-16(2-1-14)4-6-17/h7-8H,2-6H2. The van der Waals surface area contributed by atoms with Crippen molar-refractivity contribution in [1.82, 2.24) is 9.88 Å². The van der Waals surface area contributed by atoms with Crippen molar-refractivity contribution in [3.63, 3.8) is 0 Å². The second-order valence-corrected chi connectivity index (χ2v) is 5.20. The fourth-order valence-corrected chi connectivity index (χ4v) is 2.61. The molecule has 1 aliphatic heterocycles. The van der Waals surface area contributed by atoms with Crippen molar-refractivity contribution < 1.29 is 0 Å². The van der Waals surface area contributed by atoms with Crippen LogP contribution < -0.4 is 4.90 Å². The van der Waals surface area contributed by atoms with Crippen LogP contribution >= 0.6 is 27.5 Å². The number of hydrogen-bond acceptors (Lipinski definition) is 4. The minimum Gasteiger partial charge on any atom is -0.353 e. The molecule has 1 aliphatic rings. The third kappa shape index (κ3) is 3.09. The van der Waals surface area contributed by atoms with Crippen molar-refractivity contribution in [3.05, 3.63) is 21.8 Å². The number of halogens is 2. The molecule has 0 unspecified atom stereocenters. The molecule has 0 spiro atoms. The zero-order chi connectivity index (χ0) is 12.3. The molecule has 90 valence electrons. The molecule has 2 heterocycles. The maximum Gasteiger partial charge on any atom is 0.147 e. The lowest BCUT2D eigenvalue weighted by molar-refractivity contribution is 0.286. The summed E-state index contributed by atoms with van der Waals surface area (Å²) in [5.41, 5.74) is 0. The average molecular weight is 316 g/mol. The van der Waals surface area contributed by atoms with E-state index in [1.54, 1.807) is 6.20 Å². The maximum atomic E-state index is 8.63. The van der Waals surface area contributed by atoms with Crippen LogP contribution in [-0.4, -0.2) is 42.6 Å². The molecule has 2 rings (SSSR count). The quantitative estimate of drug-likeness (QED) is 0.784. The Labute approximate surface area is 114 Å². The lowest BCUT2D eigenvalue weighted by Crippen LogP contribution is -2.46.